The van der Waals surface area contributed by atoms with E-state index in [0.717, 1.165) is 11.1 Å². The summed E-state index contributed by atoms with van der Waals surface area (Å²) in [5.74, 6) is 0.737. The summed E-state index contributed by atoms with van der Waals surface area (Å²) in [5.41, 5.74) is 2.49. The normalized spacial score (nSPS) is 12.3. The molecule has 21 heavy (non-hydrogen) atoms. The van der Waals surface area contributed by atoms with Crippen LogP contribution in [-0.2, 0) is 0 Å². The Morgan fingerprint density at radius 1 is 1.10 bits per heavy atom. The minimum Gasteiger partial charge on any atom is -0.496 e. The molecule has 2 rings (SSSR count). The summed E-state index contributed by atoms with van der Waals surface area (Å²) in [6.07, 6.45) is 0. The van der Waals surface area contributed by atoms with Gasteiger partial charge in [0.25, 0.3) is 0 Å². The van der Waals surface area contributed by atoms with Crippen molar-refractivity contribution in [3.8, 4) is 11.5 Å². The van der Waals surface area contributed by atoms with Crippen molar-refractivity contribution in [2.75, 3.05) is 7.11 Å². The zero-order valence-corrected chi connectivity index (χ0v) is 12.4. The quantitative estimate of drug-likeness (QED) is 0.729. The third-order valence-electron chi connectivity index (χ3n) is 3.03. The van der Waals surface area contributed by atoms with Crippen LogP contribution in [0.3, 0.4) is 0 Å². The van der Waals surface area contributed by atoms with Crippen LogP contribution in [0.4, 0.5) is 8.78 Å². The summed E-state index contributed by atoms with van der Waals surface area (Å²) in [7, 11) is 1.56. The molecule has 0 heterocycles. The maximum atomic E-state index is 12.3. The molecule has 1 unspecified atom stereocenters. The topological polar surface area (TPSA) is 18.5 Å². The Labute approximate surface area is 127 Å². The van der Waals surface area contributed by atoms with E-state index in [0.29, 0.717) is 11.3 Å². The number of aryl methyl sites for hydroxylation is 1. The van der Waals surface area contributed by atoms with Gasteiger partial charge >= 0.3 is 6.61 Å². The highest BCUT2D eigenvalue weighted by atomic mass is 35.5. The molecule has 1 atom stereocenters. The number of alkyl halides is 3. The van der Waals surface area contributed by atoms with Crippen LogP contribution in [-0.4, -0.2) is 13.7 Å². The predicted molar refractivity (Wildman–Crippen MR) is 78.5 cm³/mol. The van der Waals surface area contributed by atoms with Crippen LogP contribution in [0, 0.1) is 6.92 Å². The molecule has 0 bridgehead atoms. The molecule has 2 aromatic rings. The number of methoxy groups -OCH3 is 1. The number of halogens is 3. The van der Waals surface area contributed by atoms with Gasteiger partial charge in [0.2, 0.25) is 0 Å². The summed E-state index contributed by atoms with van der Waals surface area (Å²) in [6, 6.07) is 12.0. The second-order valence-corrected chi connectivity index (χ2v) is 5.00. The van der Waals surface area contributed by atoms with Gasteiger partial charge in [0, 0.05) is 5.56 Å². The van der Waals surface area contributed by atoms with E-state index in [1.54, 1.807) is 19.2 Å². The first-order valence-corrected chi connectivity index (χ1v) is 6.78. The molecule has 0 aliphatic heterocycles. The molecule has 0 amide bonds. The summed E-state index contributed by atoms with van der Waals surface area (Å²) in [6.45, 7) is -0.911. The average molecular weight is 313 g/mol. The van der Waals surface area contributed by atoms with E-state index < -0.39 is 12.0 Å². The standard InChI is InChI=1S/C16H15ClF2O2/c1-10-6-7-14(20-2)13(8-10)15(17)11-4-3-5-12(9-11)21-16(18)19/h3-9,15-16H,1-2H3. The van der Waals surface area contributed by atoms with Gasteiger partial charge in [-0.3, -0.25) is 0 Å². The highest BCUT2D eigenvalue weighted by molar-refractivity contribution is 6.22. The van der Waals surface area contributed by atoms with Gasteiger partial charge in [-0.25, -0.2) is 0 Å². The highest BCUT2D eigenvalue weighted by Gasteiger charge is 2.17. The fourth-order valence-corrected chi connectivity index (χ4v) is 2.39. The Bertz CT molecular complexity index is 617. The second kappa shape index (κ2) is 6.76. The molecule has 5 heteroatoms. The van der Waals surface area contributed by atoms with Crippen molar-refractivity contribution in [1.82, 2.24) is 0 Å². The lowest BCUT2D eigenvalue weighted by atomic mass is 10.0. The van der Waals surface area contributed by atoms with E-state index >= 15 is 0 Å². The van der Waals surface area contributed by atoms with Gasteiger partial charge in [0.05, 0.1) is 12.5 Å². The van der Waals surface area contributed by atoms with Gasteiger partial charge in [0.15, 0.2) is 0 Å². The lowest BCUT2D eigenvalue weighted by Gasteiger charge is -2.16. The molecule has 0 saturated carbocycles. The lowest BCUT2D eigenvalue weighted by molar-refractivity contribution is -0.0498. The van der Waals surface area contributed by atoms with Crippen molar-refractivity contribution < 1.29 is 18.3 Å². The molecule has 2 aromatic carbocycles. The van der Waals surface area contributed by atoms with E-state index in [4.69, 9.17) is 16.3 Å². The second-order valence-electron chi connectivity index (χ2n) is 4.56. The molecule has 2 nitrogen and oxygen atoms in total. The van der Waals surface area contributed by atoms with Gasteiger partial charge in [-0.05, 0) is 30.7 Å². The summed E-state index contributed by atoms with van der Waals surface area (Å²) in [4.78, 5) is 0. The van der Waals surface area contributed by atoms with Crippen molar-refractivity contribution in [1.29, 1.82) is 0 Å². The fraction of sp³-hybridized carbons (Fsp3) is 0.250. The van der Waals surface area contributed by atoms with Crippen molar-refractivity contribution in [3.63, 3.8) is 0 Å². The van der Waals surface area contributed by atoms with E-state index in [-0.39, 0.29) is 5.75 Å². The first-order chi connectivity index (χ1) is 10.0. The Kier molecular flexibility index (Phi) is 5.02. The SMILES string of the molecule is COc1ccc(C)cc1C(Cl)c1cccc(OC(F)F)c1. The molecule has 0 aliphatic carbocycles. The first kappa shape index (κ1) is 15.6. The van der Waals surface area contributed by atoms with Crippen molar-refractivity contribution >= 4 is 11.6 Å². The maximum absolute atomic E-state index is 12.3. The van der Waals surface area contributed by atoms with Crippen LogP contribution in [0.2, 0.25) is 0 Å². The zero-order valence-electron chi connectivity index (χ0n) is 11.6. The molecule has 0 aliphatic rings. The van der Waals surface area contributed by atoms with E-state index in [1.807, 2.05) is 25.1 Å². The fourth-order valence-electron chi connectivity index (χ4n) is 2.08. The minimum atomic E-state index is -2.86. The Morgan fingerprint density at radius 3 is 2.52 bits per heavy atom. The van der Waals surface area contributed by atoms with Gasteiger partial charge < -0.3 is 9.47 Å². The Hall–Kier alpha value is -1.81. The third kappa shape index (κ3) is 3.85. The zero-order chi connectivity index (χ0) is 15.4. The van der Waals surface area contributed by atoms with Crippen molar-refractivity contribution in [2.45, 2.75) is 18.9 Å². The minimum absolute atomic E-state index is 0.0831. The molecular formula is C16H15ClF2O2. The van der Waals surface area contributed by atoms with Gasteiger partial charge in [-0.15, -0.1) is 11.6 Å². The third-order valence-corrected chi connectivity index (χ3v) is 3.52. The molecule has 0 fully saturated rings. The van der Waals surface area contributed by atoms with E-state index in [1.165, 1.54) is 12.1 Å². The molecule has 0 aromatic heterocycles. The largest absolute Gasteiger partial charge is 0.496 e. The summed E-state index contributed by atoms with van der Waals surface area (Å²) >= 11 is 6.47. The molecule has 0 spiro atoms. The first-order valence-electron chi connectivity index (χ1n) is 6.34. The maximum Gasteiger partial charge on any atom is 0.387 e. The highest BCUT2D eigenvalue weighted by Crippen LogP contribution is 2.36. The Morgan fingerprint density at radius 2 is 1.86 bits per heavy atom. The smallest absolute Gasteiger partial charge is 0.387 e. The number of hydrogen-bond donors (Lipinski definition) is 0. The van der Waals surface area contributed by atoms with Crippen LogP contribution in [0.5, 0.6) is 11.5 Å². The number of ether oxygens (including phenoxy) is 2. The van der Waals surface area contributed by atoms with Crippen LogP contribution < -0.4 is 9.47 Å². The van der Waals surface area contributed by atoms with Crippen molar-refractivity contribution in [2.24, 2.45) is 0 Å². The van der Waals surface area contributed by atoms with Crippen LogP contribution >= 0.6 is 11.6 Å². The molecule has 0 radical (unpaired) electrons. The van der Waals surface area contributed by atoms with E-state index in [9.17, 15) is 8.78 Å². The predicted octanol–water partition coefficient (Wildman–Crippen LogP) is 4.93. The van der Waals surface area contributed by atoms with E-state index in [2.05, 4.69) is 4.74 Å². The molecule has 112 valence electrons. The molecule has 0 saturated heterocycles. The van der Waals surface area contributed by atoms with Crippen LogP contribution in [0.25, 0.3) is 0 Å². The lowest BCUT2D eigenvalue weighted by Crippen LogP contribution is -2.03. The van der Waals surface area contributed by atoms with Crippen LogP contribution in [0.1, 0.15) is 22.1 Å². The van der Waals surface area contributed by atoms with Gasteiger partial charge in [0.1, 0.15) is 11.5 Å². The van der Waals surface area contributed by atoms with Crippen molar-refractivity contribution in [3.05, 3.63) is 59.2 Å². The monoisotopic (exact) mass is 312 g/mol. The molecule has 0 N–H and O–H groups in total. The average Bonchev–Trinajstić information content (AvgIpc) is 2.46. The number of benzene rings is 2. The summed E-state index contributed by atoms with van der Waals surface area (Å²) < 4.78 is 34.2. The van der Waals surface area contributed by atoms with Crippen LogP contribution in [0.15, 0.2) is 42.5 Å². The molecular weight excluding hydrogens is 298 g/mol. The number of hydrogen-bond acceptors (Lipinski definition) is 2. The van der Waals surface area contributed by atoms with Gasteiger partial charge in [-0.2, -0.15) is 8.78 Å². The Balaban J connectivity index is 2.35. The van der Waals surface area contributed by atoms with Gasteiger partial charge in [-0.1, -0.05) is 29.8 Å². The summed E-state index contributed by atoms with van der Waals surface area (Å²) in [5, 5.41) is -0.513. The number of rotatable bonds is 5.